The minimum atomic E-state index is -5.94. The predicted molar refractivity (Wildman–Crippen MR) is 73.6 cm³/mol. The van der Waals surface area contributed by atoms with E-state index < -0.39 is 36.1 Å². The molecule has 1 fully saturated rings. The number of thiophene rings is 1. The maximum absolute atomic E-state index is 13.4. The van der Waals surface area contributed by atoms with Crippen LogP contribution in [0.1, 0.15) is 42.9 Å². The number of hydrogen-bond acceptors (Lipinski definition) is 4. The van der Waals surface area contributed by atoms with Gasteiger partial charge in [0.2, 0.25) is 0 Å². The molecule has 0 radical (unpaired) electrons. The molecule has 1 aliphatic rings. The third kappa shape index (κ3) is 5.53. The Morgan fingerprint density at radius 1 is 0.958 bits per heavy atom. The minimum Gasteiger partial charge on any atom is -0.286 e. The molecule has 0 amide bonds. The highest BCUT2D eigenvalue weighted by molar-refractivity contribution is 7.38. The summed E-state index contributed by atoms with van der Waals surface area (Å²) >= 11 is -5.94. The van der Waals surface area contributed by atoms with Crippen molar-refractivity contribution in [1.29, 1.82) is 0 Å². The molecule has 0 aliphatic heterocycles. The second-order valence-corrected chi connectivity index (χ2v) is 9.69. The number of alkyl halides is 3. The predicted octanol–water partition coefficient (Wildman–Crippen LogP) is -1.64. The summed E-state index contributed by atoms with van der Waals surface area (Å²) in [6, 6.07) is 8.77. The molecule has 1 aromatic heterocycles. The zero-order valence-corrected chi connectivity index (χ0v) is 15.5. The van der Waals surface area contributed by atoms with E-state index in [0.717, 1.165) is 37.5 Å². The summed E-state index contributed by atoms with van der Waals surface area (Å²) in [5.74, 6) is 0.131. The topological polar surface area (TPSA) is 92.2 Å². The van der Waals surface area contributed by atoms with Gasteiger partial charge in [0.1, 0.15) is 20.1 Å². The second-order valence-electron chi connectivity index (χ2n) is 5.55. The van der Waals surface area contributed by atoms with Crippen LogP contribution in [-0.4, -0.2) is 0 Å². The molecule has 2 aromatic rings. The highest BCUT2D eigenvalue weighted by Crippen LogP contribution is 2.54. The lowest BCUT2D eigenvalue weighted by atomic mass is 9.88. The van der Waals surface area contributed by atoms with Gasteiger partial charge in [-0.3, -0.25) is 13.7 Å². The maximum Gasteiger partial charge on any atom is 0.600 e. The zero-order chi connectivity index (χ0) is 18.0. The van der Waals surface area contributed by atoms with Gasteiger partial charge < -0.3 is 0 Å². The van der Waals surface area contributed by atoms with Crippen molar-refractivity contribution in [3.63, 3.8) is 0 Å². The maximum atomic E-state index is 13.4. The van der Waals surface area contributed by atoms with Crippen molar-refractivity contribution in [2.45, 2.75) is 43.5 Å². The summed E-state index contributed by atoms with van der Waals surface area (Å²) in [5.41, 5.74) is -4.14. The number of fused-ring (bicyclic) bond motifs is 1. The third-order valence-corrected chi connectivity index (χ3v) is 6.11. The molecule has 0 bridgehead atoms. The first-order valence-electron chi connectivity index (χ1n) is 7.31. The lowest BCUT2D eigenvalue weighted by molar-refractivity contribution is -2.00. The molecule has 9 heteroatoms. The number of benzene rings is 1. The Morgan fingerprint density at radius 2 is 1.50 bits per heavy atom. The van der Waals surface area contributed by atoms with Gasteiger partial charge in [-0.2, -0.15) is 0 Å². The fraction of sp³-hybridized carbons (Fsp3) is 0.467. The first-order valence-corrected chi connectivity index (χ1v) is 12.1. The SMILES string of the molecule is FC(F)(F)[s+]1c(C2CCCCC2)cc2ccccc21.[O-][I+3]([O-])([O-])[O-]. The average Bonchev–Trinajstić information content (AvgIpc) is 2.86. The van der Waals surface area contributed by atoms with Crippen LogP contribution in [0.15, 0.2) is 30.3 Å². The van der Waals surface area contributed by atoms with Crippen LogP contribution in [0.25, 0.3) is 10.1 Å². The first-order chi connectivity index (χ1) is 11.1. The highest BCUT2D eigenvalue weighted by Gasteiger charge is 2.49. The number of halogens is 4. The molecule has 1 heterocycles. The van der Waals surface area contributed by atoms with E-state index in [-0.39, 0.29) is 5.92 Å². The van der Waals surface area contributed by atoms with Crippen LogP contribution in [0.5, 0.6) is 0 Å². The Labute approximate surface area is 146 Å². The molecule has 4 nitrogen and oxygen atoms in total. The Hall–Kier alpha value is -0.460. The van der Waals surface area contributed by atoms with Crippen LogP contribution in [0.3, 0.4) is 0 Å². The largest absolute Gasteiger partial charge is 0.600 e. The van der Waals surface area contributed by atoms with E-state index in [4.69, 9.17) is 13.7 Å². The van der Waals surface area contributed by atoms with E-state index in [1.54, 1.807) is 18.2 Å². The van der Waals surface area contributed by atoms with Gasteiger partial charge in [0.15, 0.2) is 9.58 Å². The van der Waals surface area contributed by atoms with Crippen LogP contribution < -0.4 is 33.8 Å². The van der Waals surface area contributed by atoms with Gasteiger partial charge in [-0.1, -0.05) is 31.4 Å². The number of hydrogen-bond donors (Lipinski definition) is 0. The summed E-state index contributed by atoms with van der Waals surface area (Å²) in [4.78, 5) is 0.633. The van der Waals surface area contributed by atoms with Crippen molar-refractivity contribution in [2.24, 2.45) is 0 Å². The molecule has 1 aliphatic carbocycles. The van der Waals surface area contributed by atoms with E-state index in [1.165, 1.54) is 0 Å². The molecule has 1 aromatic carbocycles. The second kappa shape index (κ2) is 7.83. The van der Waals surface area contributed by atoms with E-state index >= 15 is 0 Å². The lowest BCUT2D eigenvalue weighted by Crippen LogP contribution is -4.29. The van der Waals surface area contributed by atoms with Crippen molar-refractivity contribution in [3.05, 3.63) is 35.2 Å². The molecular formula is C15H16F3IO4S. The highest BCUT2D eigenvalue weighted by atomic mass is 127. The Balaban J connectivity index is 0.000000368. The summed E-state index contributed by atoms with van der Waals surface area (Å²) in [6.07, 6.45) is 5.12. The molecule has 134 valence electrons. The van der Waals surface area contributed by atoms with E-state index in [9.17, 15) is 13.2 Å². The molecule has 1 saturated carbocycles. The van der Waals surface area contributed by atoms with Crippen molar-refractivity contribution < 1.29 is 47.0 Å². The monoisotopic (exact) mass is 476 g/mol. The van der Waals surface area contributed by atoms with Crippen LogP contribution in [0.2, 0.25) is 0 Å². The Kier molecular flexibility index (Phi) is 6.48. The summed E-state index contributed by atoms with van der Waals surface area (Å²) in [7, 11) is -1.69. The van der Waals surface area contributed by atoms with Gasteiger partial charge in [0.05, 0.1) is 10.5 Å². The summed E-state index contributed by atoms with van der Waals surface area (Å²) in [5, 5.41) is 0.767. The average molecular weight is 476 g/mol. The van der Waals surface area contributed by atoms with Crippen LogP contribution in [-0.2, 0) is 5.51 Å². The Bertz CT molecular complexity index is 669. The van der Waals surface area contributed by atoms with Crippen molar-refractivity contribution in [2.75, 3.05) is 0 Å². The molecule has 1 unspecified atom stereocenters. The van der Waals surface area contributed by atoms with Gasteiger partial charge in [-0.25, -0.2) is 0 Å². The van der Waals surface area contributed by atoms with Crippen LogP contribution >= 0.6 is 10.5 Å². The smallest absolute Gasteiger partial charge is 0.286 e. The molecule has 1 atom stereocenters. The number of rotatable bonds is 1. The first kappa shape index (κ1) is 19.9. The molecule has 0 spiro atoms. The minimum absolute atomic E-state index is 0.131. The van der Waals surface area contributed by atoms with Gasteiger partial charge in [-0.05, 0) is 25.0 Å². The Morgan fingerprint density at radius 3 is 2.04 bits per heavy atom. The van der Waals surface area contributed by atoms with Crippen molar-refractivity contribution >= 4 is 20.6 Å². The van der Waals surface area contributed by atoms with E-state index in [0.29, 0.717) is 9.58 Å². The fourth-order valence-electron chi connectivity index (χ4n) is 3.05. The van der Waals surface area contributed by atoms with Gasteiger partial charge in [-0.15, -0.1) is 13.2 Å². The van der Waals surface area contributed by atoms with Gasteiger partial charge in [0.25, 0.3) is 0 Å². The summed E-state index contributed by atoms with van der Waals surface area (Å²) < 4.78 is 75.2. The van der Waals surface area contributed by atoms with Crippen LogP contribution in [0.4, 0.5) is 13.2 Å². The van der Waals surface area contributed by atoms with E-state index in [1.807, 2.05) is 12.1 Å². The van der Waals surface area contributed by atoms with Gasteiger partial charge in [0, 0.05) is 17.4 Å². The van der Waals surface area contributed by atoms with Crippen LogP contribution in [0, 0.1) is 0 Å². The fourth-order valence-corrected chi connectivity index (χ4v) is 5.22. The van der Waals surface area contributed by atoms with E-state index in [2.05, 4.69) is 0 Å². The normalized spacial score (nSPS) is 17.5. The van der Waals surface area contributed by atoms with Crippen molar-refractivity contribution in [3.8, 4) is 0 Å². The lowest BCUT2D eigenvalue weighted by Gasteiger charge is -2.18. The standard InChI is InChI=1S/C15H16F3S.IO4/c16-15(17,18)19-13-9-5-4-8-12(13)10-14(19)11-6-2-1-3-7-11;2-1(3,4)5/h4-5,8-11H,1-3,6-7H2;/q+1;-1. The summed E-state index contributed by atoms with van der Waals surface area (Å²) in [6.45, 7) is 0. The van der Waals surface area contributed by atoms with Crippen molar-refractivity contribution in [1.82, 2.24) is 0 Å². The molecule has 0 N–H and O–H groups in total. The molecule has 0 saturated heterocycles. The molecule has 24 heavy (non-hydrogen) atoms. The molecule has 3 rings (SSSR count). The zero-order valence-electron chi connectivity index (χ0n) is 12.6. The third-order valence-electron chi connectivity index (χ3n) is 3.91. The molecular weight excluding hydrogens is 460 g/mol. The van der Waals surface area contributed by atoms with Gasteiger partial charge >= 0.3 is 5.51 Å². The quantitative estimate of drug-likeness (QED) is 0.365.